The van der Waals surface area contributed by atoms with Gasteiger partial charge in [-0.25, -0.2) is 0 Å². The van der Waals surface area contributed by atoms with Crippen molar-refractivity contribution in [2.45, 2.75) is 220 Å². The van der Waals surface area contributed by atoms with Crippen molar-refractivity contribution in [1.82, 2.24) is 4.90 Å². The standard InChI is InChI=1S/C50H93NO8/c1-6-10-13-16-19-20-21-22-23-24-25-26-27-28-31-35-47(52)57-43-46(44-58-48(53)36-34-40-51(5)39-9-4)45-59-49(54)37-38-50(55-41-32-29-17-14-11-7-2)56-42-33-30-18-15-12-8-3/h19-20,22-23,46,50H,6-18,21,24-45H2,1-5H3/b20-19-,23-22-. The summed E-state index contributed by atoms with van der Waals surface area (Å²) < 4.78 is 29.1. The molecule has 0 aliphatic carbocycles. The summed E-state index contributed by atoms with van der Waals surface area (Å²) in [4.78, 5) is 40.4. The van der Waals surface area contributed by atoms with E-state index in [4.69, 9.17) is 23.7 Å². The van der Waals surface area contributed by atoms with Gasteiger partial charge in [-0.05, 0) is 84.3 Å². The molecule has 0 aliphatic heterocycles. The Hall–Kier alpha value is -2.23. The van der Waals surface area contributed by atoms with Gasteiger partial charge >= 0.3 is 17.9 Å². The average Bonchev–Trinajstić information content (AvgIpc) is 3.22. The fourth-order valence-corrected chi connectivity index (χ4v) is 6.71. The molecule has 9 nitrogen and oxygen atoms in total. The summed E-state index contributed by atoms with van der Waals surface area (Å²) in [5.74, 6) is -1.38. The maximum absolute atomic E-state index is 12.9. The van der Waals surface area contributed by atoms with E-state index in [9.17, 15) is 14.4 Å². The van der Waals surface area contributed by atoms with E-state index in [0.29, 0.717) is 38.9 Å². The molecule has 0 aromatic carbocycles. The number of unbranched alkanes of at least 4 members (excludes halogenated alkanes) is 18. The Morgan fingerprint density at radius 1 is 0.458 bits per heavy atom. The molecule has 0 fully saturated rings. The number of esters is 3. The zero-order valence-electron chi connectivity index (χ0n) is 39.1. The van der Waals surface area contributed by atoms with Crippen LogP contribution in [0.3, 0.4) is 0 Å². The zero-order valence-corrected chi connectivity index (χ0v) is 39.1. The minimum absolute atomic E-state index is 0.00419. The molecule has 0 N–H and O–H groups in total. The van der Waals surface area contributed by atoms with Gasteiger partial charge in [0.05, 0.1) is 12.3 Å². The second kappa shape index (κ2) is 45.3. The monoisotopic (exact) mass is 836 g/mol. The van der Waals surface area contributed by atoms with Gasteiger partial charge in [-0.3, -0.25) is 14.4 Å². The van der Waals surface area contributed by atoms with Gasteiger partial charge in [0.2, 0.25) is 0 Å². The molecule has 346 valence electrons. The highest BCUT2D eigenvalue weighted by molar-refractivity contribution is 5.70. The van der Waals surface area contributed by atoms with Crippen molar-refractivity contribution < 1.29 is 38.1 Å². The fraction of sp³-hybridized carbons (Fsp3) is 0.860. The SMILES string of the molecule is CCCCC/C=C\C/C=C\CCCCCCCC(=O)OCC(COC(=O)CCCN(C)CCC)COC(=O)CCC(OCCCCCCCC)OCCCCCCCC. The van der Waals surface area contributed by atoms with Crippen LogP contribution in [0.5, 0.6) is 0 Å². The number of rotatable bonds is 45. The summed E-state index contributed by atoms with van der Waals surface area (Å²) in [5, 5.41) is 0. The van der Waals surface area contributed by atoms with Crippen molar-refractivity contribution in [2.24, 2.45) is 5.92 Å². The molecule has 0 radical (unpaired) electrons. The molecule has 0 heterocycles. The van der Waals surface area contributed by atoms with Gasteiger partial charge in [0, 0.05) is 32.5 Å². The van der Waals surface area contributed by atoms with Crippen molar-refractivity contribution in [2.75, 3.05) is 53.2 Å². The van der Waals surface area contributed by atoms with Crippen LogP contribution < -0.4 is 0 Å². The van der Waals surface area contributed by atoms with Gasteiger partial charge in [0.1, 0.15) is 19.8 Å². The molecule has 1 unspecified atom stereocenters. The van der Waals surface area contributed by atoms with Crippen molar-refractivity contribution >= 4 is 17.9 Å². The summed E-state index contributed by atoms with van der Waals surface area (Å²) in [6.07, 6.45) is 38.1. The molecule has 0 spiro atoms. The zero-order chi connectivity index (χ0) is 43.3. The second-order valence-electron chi connectivity index (χ2n) is 16.5. The molecule has 9 heteroatoms. The van der Waals surface area contributed by atoms with Gasteiger partial charge < -0.3 is 28.6 Å². The third kappa shape index (κ3) is 42.3. The highest BCUT2D eigenvalue weighted by atomic mass is 16.7. The second-order valence-corrected chi connectivity index (χ2v) is 16.5. The Bertz CT molecular complexity index is 983. The van der Waals surface area contributed by atoms with E-state index in [1.165, 1.54) is 77.0 Å². The van der Waals surface area contributed by atoms with Gasteiger partial charge in [-0.1, -0.05) is 148 Å². The first-order valence-corrected chi connectivity index (χ1v) is 24.5. The van der Waals surface area contributed by atoms with E-state index < -0.39 is 12.2 Å². The molecule has 0 aromatic heterocycles. The topological polar surface area (TPSA) is 101 Å². The van der Waals surface area contributed by atoms with Gasteiger partial charge in [-0.2, -0.15) is 0 Å². The van der Waals surface area contributed by atoms with Crippen LogP contribution in [0.15, 0.2) is 24.3 Å². The quantitative estimate of drug-likeness (QED) is 0.0195. The molecular formula is C50H93NO8. The molecule has 0 saturated heterocycles. The van der Waals surface area contributed by atoms with Crippen LogP contribution in [0.4, 0.5) is 0 Å². The van der Waals surface area contributed by atoms with Crippen LogP contribution in [-0.4, -0.2) is 82.3 Å². The lowest BCUT2D eigenvalue weighted by Gasteiger charge is -2.20. The van der Waals surface area contributed by atoms with Crippen LogP contribution in [0, 0.1) is 5.92 Å². The first kappa shape index (κ1) is 56.8. The number of ether oxygens (including phenoxy) is 5. The lowest BCUT2D eigenvalue weighted by atomic mass is 10.1. The van der Waals surface area contributed by atoms with E-state index in [2.05, 4.69) is 56.9 Å². The van der Waals surface area contributed by atoms with Crippen LogP contribution in [0.1, 0.15) is 214 Å². The summed E-state index contributed by atoms with van der Waals surface area (Å²) in [5.41, 5.74) is 0. The molecular weight excluding hydrogens is 743 g/mol. The molecule has 0 bridgehead atoms. The summed E-state index contributed by atoms with van der Waals surface area (Å²) >= 11 is 0. The number of nitrogens with zero attached hydrogens (tertiary/aromatic N) is 1. The van der Waals surface area contributed by atoms with E-state index in [0.717, 1.165) is 90.1 Å². The third-order valence-electron chi connectivity index (χ3n) is 10.5. The summed E-state index contributed by atoms with van der Waals surface area (Å²) in [6, 6.07) is 0. The van der Waals surface area contributed by atoms with E-state index in [1.54, 1.807) is 0 Å². The van der Waals surface area contributed by atoms with Crippen LogP contribution in [0.25, 0.3) is 0 Å². The smallest absolute Gasteiger partial charge is 0.305 e. The molecule has 0 aliphatic rings. The van der Waals surface area contributed by atoms with E-state index >= 15 is 0 Å². The normalized spacial score (nSPS) is 12.3. The van der Waals surface area contributed by atoms with Gasteiger partial charge in [0.25, 0.3) is 0 Å². The average molecular weight is 836 g/mol. The van der Waals surface area contributed by atoms with Crippen LogP contribution in [0.2, 0.25) is 0 Å². The van der Waals surface area contributed by atoms with Gasteiger partial charge in [-0.15, -0.1) is 0 Å². The number of hydrogen-bond donors (Lipinski definition) is 0. The first-order chi connectivity index (χ1) is 28.9. The summed E-state index contributed by atoms with van der Waals surface area (Å²) in [7, 11) is 2.05. The molecule has 0 saturated carbocycles. The third-order valence-corrected chi connectivity index (χ3v) is 10.5. The van der Waals surface area contributed by atoms with E-state index in [1.807, 2.05) is 7.05 Å². The Balaban J connectivity index is 4.81. The van der Waals surface area contributed by atoms with Crippen molar-refractivity contribution in [3.8, 4) is 0 Å². The maximum Gasteiger partial charge on any atom is 0.305 e. The Labute approximate surface area is 363 Å². The van der Waals surface area contributed by atoms with E-state index in [-0.39, 0.29) is 44.1 Å². The van der Waals surface area contributed by atoms with Crippen LogP contribution >= 0.6 is 0 Å². The Morgan fingerprint density at radius 3 is 1.41 bits per heavy atom. The molecule has 0 aromatic rings. The number of carbonyl (C=O) groups excluding carboxylic acids is 3. The molecule has 1 atom stereocenters. The minimum Gasteiger partial charge on any atom is -0.465 e. The van der Waals surface area contributed by atoms with Gasteiger partial charge in [0.15, 0.2) is 6.29 Å². The summed E-state index contributed by atoms with van der Waals surface area (Å²) in [6.45, 7) is 11.9. The number of hydrogen-bond acceptors (Lipinski definition) is 9. The number of allylic oxidation sites excluding steroid dienone is 4. The predicted octanol–water partition coefficient (Wildman–Crippen LogP) is 13.0. The lowest BCUT2D eigenvalue weighted by Crippen LogP contribution is -2.27. The highest BCUT2D eigenvalue weighted by Crippen LogP contribution is 2.14. The predicted molar refractivity (Wildman–Crippen MR) is 244 cm³/mol. The first-order valence-electron chi connectivity index (χ1n) is 24.5. The van der Waals surface area contributed by atoms with Crippen LogP contribution in [-0.2, 0) is 38.1 Å². The maximum atomic E-state index is 12.9. The largest absolute Gasteiger partial charge is 0.465 e. The van der Waals surface area contributed by atoms with Crippen molar-refractivity contribution in [3.63, 3.8) is 0 Å². The minimum atomic E-state index is -0.447. The Morgan fingerprint density at radius 2 is 0.881 bits per heavy atom. The van der Waals surface area contributed by atoms with Crippen molar-refractivity contribution in [1.29, 1.82) is 0 Å². The molecule has 0 rings (SSSR count). The molecule has 59 heavy (non-hydrogen) atoms. The molecule has 0 amide bonds. The highest BCUT2D eigenvalue weighted by Gasteiger charge is 2.19. The fourth-order valence-electron chi connectivity index (χ4n) is 6.71. The number of carbonyl (C=O) groups is 3. The lowest BCUT2D eigenvalue weighted by molar-refractivity contribution is -0.162. The Kier molecular flexibility index (Phi) is 43.6. The van der Waals surface area contributed by atoms with Crippen molar-refractivity contribution in [3.05, 3.63) is 24.3 Å².